The number of nitrogens with one attached hydrogen (secondary N) is 1. The molecule has 1 aromatic rings. The number of aryl methyl sites for hydroxylation is 1. The molecule has 1 aromatic carbocycles. The number of rotatable bonds is 7. The number of aliphatic hydroxyl groups is 1. The van der Waals surface area contributed by atoms with Crippen molar-refractivity contribution < 1.29 is 9.84 Å². The number of ether oxygens (including phenoxy) is 1. The minimum atomic E-state index is -0.421. The van der Waals surface area contributed by atoms with Crippen molar-refractivity contribution in [2.75, 3.05) is 13.2 Å². The van der Waals surface area contributed by atoms with Crippen LogP contribution in [0.2, 0.25) is 0 Å². The molecular formula is C18H29NO2. The standard InChI is InChI=1S/C18H29NO2/c1-14-3-7-16(8-4-14)11-19-12-17(20)13-21-18-9-5-15(2)6-10-18/h3-4,7-8,15,17-20H,5-6,9-13H2,1-2H3. The Hall–Kier alpha value is -0.900. The molecule has 0 aromatic heterocycles. The molecule has 21 heavy (non-hydrogen) atoms. The van der Waals surface area contributed by atoms with Crippen LogP contribution in [0, 0.1) is 12.8 Å². The van der Waals surface area contributed by atoms with Crippen molar-refractivity contribution in [2.24, 2.45) is 5.92 Å². The Morgan fingerprint density at radius 3 is 2.52 bits per heavy atom. The van der Waals surface area contributed by atoms with E-state index in [2.05, 4.69) is 43.4 Å². The summed E-state index contributed by atoms with van der Waals surface area (Å²) >= 11 is 0. The van der Waals surface area contributed by atoms with Gasteiger partial charge in [0.15, 0.2) is 0 Å². The maximum Gasteiger partial charge on any atom is 0.0897 e. The first-order valence-corrected chi connectivity index (χ1v) is 8.19. The quantitative estimate of drug-likeness (QED) is 0.811. The van der Waals surface area contributed by atoms with E-state index in [-0.39, 0.29) is 0 Å². The number of benzene rings is 1. The molecule has 1 saturated carbocycles. The summed E-state index contributed by atoms with van der Waals surface area (Å²) in [6.45, 7) is 6.21. The van der Waals surface area contributed by atoms with Crippen LogP contribution in [0.1, 0.15) is 43.7 Å². The molecule has 0 amide bonds. The zero-order valence-corrected chi connectivity index (χ0v) is 13.3. The van der Waals surface area contributed by atoms with Crippen molar-refractivity contribution in [3.8, 4) is 0 Å². The predicted molar refractivity (Wildman–Crippen MR) is 86.3 cm³/mol. The molecule has 0 heterocycles. The van der Waals surface area contributed by atoms with Crippen LogP contribution in [0.3, 0.4) is 0 Å². The molecule has 0 radical (unpaired) electrons. The first-order chi connectivity index (χ1) is 10.1. The fourth-order valence-corrected chi connectivity index (χ4v) is 2.79. The Balaban J connectivity index is 1.57. The highest BCUT2D eigenvalue weighted by molar-refractivity contribution is 5.21. The van der Waals surface area contributed by atoms with Gasteiger partial charge >= 0.3 is 0 Å². The summed E-state index contributed by atoms with van der Waals surface area (Å²) in [5.41, 5.74) is 2.52. The molecule has 0 bridgehead atoms. The maximum atomic E-state index is 9.97. The van der Waals surface area contributed by atoms with Crippen molar-refractivity contribution in [3.05, 3.63) is 35.4 Å². The first kappa shape index (κ1) is 16.5. The number of aliphatic hydroxyl groups excluding tert-OH is 1. The van der Waals surface area contributed by atoms with Gasteiger partial charge in [-0.1, -0.05) is 36.8 Å². The second kappa shape index (κ2) is 8.52. The molecule has 3 heteroatoms. The molecule has 2 rings (SSSR count). The van der Waals surface area contributed by atoms with Gasteiger partial charge in [0.2, 0.25) is 0 Å². The second-order valence-corrected chi connectivity index (χ2v) is 6.49. The van der Waals surface area contributed by atoms with E-state index >= 15 is 0 Å². The van der Waals surface area contributed by atoms with Crippen LogP contribution in [0.25, 0.3) is 0 Å². The normalized spacial score (nSPS) is 24.0. The van der Waals surface area contributed by atoms with Gasteiger partial charge in [-0.3, -0.25) is 0 Å². The minimum absolute atomic E-state index is 0.355. The van der Waals surface area contributed by atoms with Crippen LogP contribution in [0.15, 0.2) is 24.3 Å². The van der Waals surface area contributed by atoms with Gasteiger partial charge in [-0.2, -0.15) is 0 Å². The van der Waals surface area contributed by atoms with Gasteiger partial charge in [-0.05, 0) is 44.1 Å². The lowest BCUT2D eigenvalue weighted by Crippen LogP contribution is -2.32. The van der Waals surface area contributed by atoms with E-state index in [1.807, 2.05) is 0 Å². The van der Waals surface area contributed by atoms with E-state index in [1.165, 1.54) is 24.0 Å². The summed E-state index contributed by atoms with van der Waals surface area (Å²) in [4.78, 5) is 0. The van der Waals surface area contributed by atoms with Crippen LogP contribution >= 0.6 is 0 Å². The van der Waals surface area contributed by atoms with E-state index in [4.69, 9.17) is 4.74 Å². The van der Waals surface area contributed by atoms with Gasteiger partial charge in [-0.25, -0.2) is 0 Å². The smallest absolute Gasteiger partial charge is 0.0897 e. The van der Waals surface area contributed by atoms with Crippen LogP contribution in [0.4, 0.5) is 0 Å². The van der Waals surface area contributed by atoms with Crippen LogP contribution in [-0.4, -0.2) is 30.5 Å². The van der Waals surface area contributed by atoms with E-state index in [0.29, 0.717) is 19.3 Å². The largest absolute Gasteiger partial charge is 0.389 e. The molecule has 0 spiro atoms. The van der Waals surface area contributed by atoms with Crippen LogP contribution < -0.4 is 5.32 Å². The predicted octanol–water partition coefficient (Wildman–Crippen LogP) is 3.04. The molecular weight excluding hydrogens is 262 g/mol. The average Bonchev–Trinajstić information content (AvgIpc) is 2.49. The third-order valence-electron chi connectivity index (χ3n) is 4.32. The van der Waals surface area contributed by atoms with Crippen molar-refractivity contribution in [3.63, 3.8) is 0 Å². The van der Waals surface area contributed by atoms with E-state index < -0.39 is 6.10 Å². The molecule has 1 unspecified atom stereocenters. The summed E-state index contributed by atoms with van der Waals surface area (Å²) in [6.07, 6.45) is 4.73. The Morgan fingerprint density at radius 1 is 1.19 bits per heavy atom. The highest BCUT2D eigenvalue weighted by atomic mass is 16.5. The Kier molecular flexibility index (Phi) is 6.68. The molecule has 3 nitrogen and oxygen atoms in total. The lowest BCUT2D eigenvalue weighted by molar-refractivity contribution is -0.0278. The molecule has 2 N–H and O–H groups in total. The lowest BCUT2D eigenvalue weighted by Gasteiger charge is -2.27. The highest BCUT2D eigenvalue weighted by Gasteiger charge is 2.19. The maximum absolute atomic E-state index is 9.97. The molecule has 118 valence electrons. The third-order valence-corrected chi connectivity index (χ3v) is 4.32. The molecule has 1 fully saturated rings. The van der Waals surface area contributed by atoms with E-state index in [1.54, 1.807) is 0 Å². The highest BCUT2D eigenvalue weighted by Crippen LogP contribution is 2.25. The summed E-state index contributed by atoms with van der Waals surface area (Å²) in [7, 11) is 0. The minimum Gasteiger partial charge on any atom is -0.389 e. The van der Waals surface area contributed by atoms with Crippen molar-refractivity contribution in [2.45, 2.75) is 58.3 Å². The summed E-state index contributed by atoms with van der Waals surface area (Å²) in [5, 5.41) is 13.3. The van der Waals surface area contributed by atoms with Gasteiger partial charge < -0.3 is 15.2 Å². The fraction of sp³-hybridized carbons (Fsp3) is 0.667. The first-order valence-electron chi connectivity index (χ1n) is 8.19. The van der Waals surface area contributed by atoms with Gasteiger partial charge in [0.25, 0.3) is 0 Å². The zero-order valence-electron chi connectivity index (χ0n) is 13.3. The summed E-state index contributed by atoms with van der Waals surface area (Å²) < 4.78 is 5.82. The monoisotopic (exact) mass is 291 g/mol. The molecule has 1 aliphatic carbocycles. The molecule has 1 aliphatic rings. The van der Waals surface area contributed by atoms with Gasteiger partial charge in [-0.15, -0.1) is 0 Å². The van der Waals surface area contributed by atoms with E-state index in [9.17, 15) is 5.11 Å². The number of hydrogen-bond donors (Lipinski definition) is 2. The van der Waals surface area contributed by atoms with Crippen LogP contribution in [-0.2, 0) is 11.3 Å². The topological polar surface area (TPSA) is 41.5 Å². The summed E-state index contributed by atoms with van der Waals surface area (Å²) in [6, 6.07) is 8.46. The SMILES string of the molecule is Cc1ccc(CNCC(O)COC2CCC(C)CC2)cc1. The van der Waals surface area contributed by atoms with Gasteiger partial charge in [0.05, 0.1) is 18.8 Å². The molecule has 0 aliphatic heterocycles. The van der Waals surface area contributed by atoms with Crippen molar-refractivity contribution in [1.82, 2.24) is 5.32 Å². The molecule has 1 atom stereocenters. The lowest BCUT2D eigenvalue weighted by atomic mass is 9.89. The van der Waals surface area contributed by atoms with Gasteiger partial charge in [0.1, 0.15) is 0 Å². The van der Waals surface area contributed by atoms with Crippen molar-refractivity contribution >= 4 is 0 Å². The van der Waals surface area contributed by atoms with E-state index in [0.717, 1.165) is 25.3 Å². The second-order valence-electron chi connectivity index (χ2n) is 6.49. The average molecular weight is 291 g/mol. The zero-order chi connectivity index (χ0) is 15.1. The van der Waals surface area contributed by atoms with Gasteiger partial charge in [0, 0.05) is 13.1 Å². The fourth-order valence-electron chi connectivity index (χ4n) is 2.79. The summed E-state index contributed by atoms with van der Waals surface area (Å²) in [5.74, 6) is 0.839. The van der Waals surface area contributed by atoms with Crippen LogP contribution in [0.5, 0.6) is 0 Å². The van der Waals surface area contributed by atoms with Crippen molar-refractivity contribution in [1.29, 1.82) is 0 Å². The Morgan fingerprint density at radius 2 is 1.86 bits per heavy atom. The number of hydrogen-bond acceptors (Lipinski definition) is 3. The molecule has 0 saturated heterocycles. The Bertz CT molecular complexity index is 396. The third kappa shape index (κ3) is 6.16. The Labute approximate surface area is 128 Å².